The van der Waals surface area contributed by atoms with Crippen LogP contribution in [-0.4, -0.2) is 59.9 Å². The van der Waals surface area contributed by atoms with Gasteiger partial charge in [-0.3, -0.25) is 4.79 Å². The topological polar surface area (TPSA) is 158 Å². The van der Waals surface area contributed by atoms with Gasteiger partial charge in [-0.2, -0.15) is 18.3 Å². The number of halogens is 3. The number of hydrogen-bond acceptors (Lipinski definition) is 9. The van der Waals surface area contributed by atoms with Gasteiger partial charge >= 0.3 is 12.1 Å². The van der Waals surface area contributed by atoms with Gasteiger partial charge in [0.25, 0.3) is 16.8 Å². The van der Waals surface area contributed by atoms with Crippen LogP contribution in [0.1, 0.15) is 28.0 Å². The molecule has 0 aliphatic carbocycles. The summed E-state index contributed by atoms with van der Waals surface area (Å²) in [6.07, 6.45) is -4.59. The third kappa shape index (κ3) is 7.86. The first-order chi connectivity index (χ1) is 22.3. The Hall–Kier alpha value is -5.45. The third-order valence-electron chi connectivity index (χ3n) is 7.13. The Bertz CT molecular complexity index is 1880. The number of hydrogen-bond donors (Lipinski definition) is 1. The van der Waals surface area contributed by atoms with E-state index in [0.29, 0.717) is 5.56 Å². The Labute approximate surface area is 266 Å². The lowest BCUT2D eigenvalue weighted by Gasteiger charge is -2.13. The first kappa shape index (κ1) is 32.9. The number of nitrogens with zero attached hydrogens (tertiary/aromatic N) is 5. The predicted molar refractivity (Wildman–Crippen MR) is 158 cm³/mol. The number of esters is 1. The number of carbonyl (C=O) groups excluding carboxylic acids is 2. The monoisotopic (exact) mass is 672 g/mol. The lowest BCUT2D eigenvalue weighted by Crippen LogP contribution is -2.37. The molecular formula is C30H27F3N6O7S. The fourth-order valence-corrected chi connectivity index (χ4v) is 5.70. The van der Waals surface area contributed by atoms with Gasteiger partial charge in [0.15, 0.2) is 5.69 Å². The molecule has 13 nitrogen and oxygen atoms in total. The Kier molecular flexibility index (Phi) is 9.46. The summed E-state index contributed by atoms with van der Waals surface area (Å²) < 4.78 is 74.4. The van der Waals surface area contributed by atoms with E-state index in [1.54, 1.807) is 42.5 Å². The van der Waals surface area contributed by atoms with Crippen molar-refractivity contribution in [1.82, 2.24) is 19.5 Å². The normalized spacial score (nSPS) is 15.4. The van der Waals surface area contributed by atoms with Crippen molar-refractivity contribution >= 4 is 21.9 Å². The highest BCUT2D eigenvalue weighted by molar-refractivity contribution is 7.90. The SMILES string of the molecule is Cc1ccc(-c2cc(C(F)(F)F)nn2-c2ccc(S(=O)(=O)NC(=O)C3CCN(/[N+]([O-])=N\OCOC(=O)c4ccccc4)C3)cc2)cc1. The molecule has 1 atom stereocenters. The molecule has 0 radical (unpaired) electrons. The molecule has 0 saturated carbocycles. The van der Waals surface area contributed by atoms with E-state index in [1.807, 2.05) is 11.6 Å². The molecule has 47 heavy (non-hydrogen) atoms. The average Bonchev–Trinajstić information content (AvgIpc) is 3.73. The maximum absolute atomic E-state index is 13.5. The fourth-order valence-electron chi connectivity index (χ4n) is 4.66. The molecule has 3 aromatic carbocycles. The smallest absolute Gasteiger partial charge is 0.435 e. The van der Waals surface area contributed by atoms with Crippen LogP contribution in [0.3, 0.4) is 0 Å². The van der Waals surface area contributed by atoms with E-state index >= 15 is 0 Å². The Morgan fingerprint density at radius 2 is 1.74 bits per heavy atom. The van der Waals surface area contributed by atoms with Gasteiger partial charge in [-0.15, -0.1) is 5.01 Å². The van der Waals surface area contributed by atoms with Gasteiger partial charge in [-0.05, 0) is 55.8 Å². The molecule has 1 unspecified atom stereocenters. The summed E-state index contributed by atoms with van der Waals surface area (Å²) in [6.45, 7) is 1.07. The summed E-state index contributed by atoms with van der Waals surface area (Å²) in [5, 5.41) is 20.3. The number of carbonyl (C=O) groups is 2. The number of alkyl halides is 3. The average molecular weight is 673 g/mol. The van der Waals surface area contributed by atoms with Gasteiger partial charge in [-0.25, -0.2) is 22.6 Å². The van der Waals surface area contributed by atoms with Crippen LogP contribution in [0, 0.1) is 18.0 Å². The number of nitrogens with one attached hydrogen (secondary N) is 1. The van der Waals surface area contributed by atoms with E-state index in [4.69, 9.17) is 9.57 Å². The predicted octanol–water partition coefficient (Wildman–Crippen LogP) is 4.62. The Balaban J connectivity index is 1.20. The molecule has 1 aliphatic rings. The number of benzene rings is 3. The minimum absolute atomic E-state index is 0.0556. The Morgan fingerprint density at radius 1 is 1.06 bits per heavy atom. The highest BCUT2D eigenvalue weighted by Gasteiger charge is 2.36. The van der Waals surface area contributed by atoms with Crippen LogP contribution in [0.15, 0.2) is 95.1 Å². The summed E-state index contributed by atoms with van der Waals surface area (Å²) in [5.74, 6) is -2.45. The summed E-state index contributed by atoms with van der Waals surface area (Å²) in [4.78, 5) is 29.2. The summed E-state index contributed by atoms with van der Waals surface area (Å²) in [7, 11) is -4.38. The number of aryl methyl sites for hydroxylation is 1. The van der Waals surface area contributed by atoms with E-state index in [0.717, 1.165) is 33.5 Å². The number of hydrazine groups is 1. The maximum atomic E-state index is 13.5. The van der Waals surface area contributed by atoms with Crippen molar-refractivity contribution in [3.8, 4) is 16.9 Å². The molecule has 1 saturated heterocycles. The number of amides is 1. The van der Waals surface area contributed by atoms with E-state index in [1.165, 1.54) is 24.3 Å². The van der Waals surface area contributed by atoms with Crippen LogP contribution in [0.2, 0.25) is 0 Å². The number of rotatable bonds is 10. The zero-order valence-corrected chi connectivity index (χ0v) is 25.4. The lowest BCUT2D eigenvalue weighted by atomic mass is 10.1. The van der Waals surface area contributed by atoms with Crippen LogP contribution in [0.25, 0.3) is 16.9 Å². The fraction of sp³-hybridized carbons (Fsp3) is 0.233. The van der Waals surface area contributed by atoms with Gasteiger partial charge in [0, 0.05) is 5.56 Å². The molecule has 1 N–H and O–H groups in total. The molecule has 0 bridgehead atoms. The van der Waals surface area contributed by atoms with Crippen LogP contribution in [-0.2, 0) is 30.6 Å². The third-order valence-corrected chi connectivity index (χ3v) is 8.50. The zero-order valence-electron chi connectivity index (χ0n) is 24.6. The van der Waals surface area contributed by atoms with Crippen molar-refractivity contribution in [2.24, 2.45) is 11.2 Å². The van der Waals surface area contributed by atoms with Crippen molar-refractivity contribution < 1.29 is 45.7 Å². The minimum Gasteiger partial charge on any atom is -0.569 e. The summed E-state index contributed by atoms with van der Waals surface area (Å²) in [6, 6.07) is 20.6. The van der Waals surface area contributed by atoms with E-state index in [9.17, 15) is 36.4 Å². The molecule has 1 aliphatic heterocycles. The van der Waals surface area contributed by atoms with Crippen molar-refractivity contribution in [3.05, 3.63) is 107 Å². The number of aromatic nitrogens is 2. The second-order valence-electron chi connectivity index (χ2n) is 10.4. The van der Waals surface area contributed by atoms with Gasteiger partial charge in [0.1, 0.15) is 0 Å². The van der Waals surface area contributed by atoms with Gasteiger partial charge in [0.05, 0.1) is 45.8 Å². The Morgan fingerprint density at radius 3 is 2.40 bits per heavy atom. The van der Waals surface area contributed by atoms with E-state index < -0.39 is 46.5 Å². The van der Waals surface area contributed by atoms with E-state index in [-0.39, 0.29) is 46.3 Å². The molecule has 1 aromatic heterocycles. The molecule has 5 rings (SSSR count). The molecule has 1 fully saturated rings. The van der Waals surface area contributed by atoms with Crippen molar-refractivity contribution in [2.75, 3.05) is 19.9 Å². The minimum atomic E-state index is -4.71. The second-order valence-corrected chi connectivity index (χ2v) is 12.1. The molecular weight excluding hydrogens is 645 g/mol. The van der Waals surface area contributed by atoms with Crippen molar-refractivity contribution in [3.63, 3.8) is 0 Å². The molecule has 17 heteroatoms. The molecule has 1 amide bonds. The number of ether oxygens (including phenoxy) is 1. The number of sulfonamides is 1. The largest absolute Gasteiger partial charge is 0.569 e. The van der Waals surface area contributed by atoms with Crippen LogP contribution < -0.4 is 4.72 Å². The van der Waals surface area contributed by atoms with Gasteiger partial charge < -0.3 is 14.8 Å². The van der Waals surface area contributed by atoms with Crippen LogP contribution >= 0.6 is 0 Å². The van der Waals surface area contributed by atoms with Gasteiger partial charge in [-0.1, -0.05) is 48.0 Å². The van der Waals surface area contributed by atoms with Crippen LogP contribution in [0.4, 0.5) is 13.2 Å². The molecule has 2 heterocycles. The maximum Gasteiger partial charge on any atom is 0.435 e. The first-order valence-corrected chi connectivity index (χ1v) is 15.5. The summed E-state index contributed by atoms with van der Waals surface area (Å²) in [5.41, 5.74) is 0.833. The molecule has 0 spiro atoms. The summed E-state index contributed by atoms with van der Waals surface area (Å²) >= 11 is 0. The molecule has 246 valence electrons. The van der Waals surface area contributed by atoms with Crippen molar-refractivity contribution in [1.29, 1.82) is 0 Å². The first-order valence-electron chi connectivity index (χ1n) is 14.0. The standard InChI is InChI=1S/C30H27F3N6O7S/c1-20-7-9-21(10-8-20)26-17-27(30(31,32)33)34-38(26)24-11-13-25(14-12-24)47(43,44)35-28(40)23-15-16-37(18-23)39(42)36-46-19-45-29(41)22-5-3-2-4-6-22/h2-14,17,23H,15-16,18-19H2,1H3,(H,35,40)/b39-36+. The van der Waals surface area contributed by atoms with Crippen molar-refractivity contribution in [2.45, 2.75) is 24.4 Å². The lowest BCUT2D eigenvalue weighted by molar-refractivity contribution is -0.708. The molecule has 4 aromatic rings. The second kappa shape index (κ2) is 13.5. The quantitative estimate of drug-likeness (QED) is 0.0634. The highest BCUT2D eigenvalue weighted by atomic mass is 32.2. The highest BCUT2D eigenvalue weighted by Crippen LogP contribution is 2.33. The van der Waals surface area contributed by atoms with Crippen LogP contribution in [0.5, 0.6) is 0 Å². The zero-order chi connectivity index (χ0) is 33.8. The van der Waals surface area contributed by atoms with E-state index in [2.05, 4.69) is 10.4 Å². The van der Waals surface area contributed by atoms with Gasteiger partial charge in [0.2, 0.25) is 11.2 Å².